The first-order valence-corrected chi connectivity index (χ1v) is 6.81. The van der Waals surface area contributed by atoms with Gasteiger partial charge >= 0.3 is 6.18 Å². The molecular formula is C15H15F3N2O3. The van der Waals surface area contributed by atoms with E-state index in [-0.39, 0.29) is 19.8 Å². The summed E-state index contributed by atoms with van der Waals surface area (Å²) < 4.78 is 43.5. The molecule has 0 fully saturated rings. The van der Waals surface area contributed by atoms with Gasteiger partial charge in [0.1, 0.15) is 0 Å². The number of aliphatic hydroxyl groups is 1. The Morgan fingerprint density at radius 3 is 2.52 bits per heavy atom. The Morgan fingerprint density at radius 2 is 1.87 bits per heavy atom. The zero-order valence-corrected chi connectivity index (χ0v) is 12.0. The third-order valence-electron chi connectivity index (χ3n) is 2.96. The molecule has 1 N–H and O–H groups in total. The summed E-state index contributed by atoms with van der Waals surface area (Å²) in [6.45, 7) is -0.250. The number of benzene rings is 1. The average molecular weight is 328 g/mol. The Balaban J connectivity index is 1.92. The van der Waals surface area contributed by atoms with Gasteiger partial charge in [-0.1, -0.05) is 30.3 Å². The van der Waals surface area contributed by atoms with Gasteiger partial charge in [0.2, 0.25) is 0 Å². The Morgan fingerprint density at radius 1 is 1.17 bits per heavy atom. The molecule has 0 saturated heterocycles. The van der Waals surface area contributed by atoms with Crippen molar-refractivity contribution < 1.29 is 23.0 Å². The average Bonchev–Trinajstić information content (AvgIpc) is 2.49. The van der Waals surface area contributed by atoms with Crippen LogP contribution in [0.2, 0.25) is 0 Å². The summed E-state index contributed by atoms with van der Waals surface area (Å²) in [6, 6.07) is 10.6. The summed E-state index contributed by atoms with van der Waals surface area (Å²) in [4.78, 5) is 11.5. The smallest absolute Gasteiger partial charge is 0.389 e. The molecule has 0 radical (unpaired) electrons. The topological polar surface area (TPSA) is 64.4 Å². The van der Waals surface area contributed by atoms with Gasteiger partial charge in [0.15, 0.2) is 5.69 Å². The molecule has 124 valence electrons. The van der Waals surface area contributed by atoms with Crippen molar-refractivity contribution >= 4 is 0 Å². The van der Waals surface area contributed by atoms with Crippen molar-refractivity contribution in [3.05, 3.63) is 64.1 Å². The van der Waals surface area contributed by atoms with Gasteiger partial charge in [-0.15, -0.1) is 0 Å². The Kier molecular flexibility index (Phi) is 5.51. The first-order valence-electron chi connectivity index (χ1n) is 6.81. The molecule has 1 aromatic carbocycles. The second-order valence-electron chi connectivity index (χ2n) is 4.89. The van der Waals surface area contributed by atoms with Crippen LogP contribution < -0.4 is 5.56 Å². The second kappa shape index (κ2) is 7.38. The van der Waals surface area contributed by atoms with Crippen molar-refractivity contribution in [3.63, 3.8) is 0 Å². The molecule has 5 nitrogen and oxygen atoms in total. The molecule has 1 heterocycles. The molecule has 0 spiro atoms. The Bertz CT molecular complexity index is 686. The molecule has 0 aliphatic heterocycles. The van der Waals surface area contributed by atoms with Crippen molar-refractivity contribution in [3.8, 4) is 0 Å². The molecule has 1 atom stereocenters. The molecule has 8 heteroatoms. The lowest BCUT2D eigenvalue weighted by Crippen LogP contribution is -2.32. The molecule has 0 bridgehead atoms. The predicted molar refractivity (Wildman–Crippen MR) is 75.6 cm³/mol. The predicted octanol–water partition coefficient (Wildman–Crippen LogP) is 1.84. The summed E-state index contributed by atoms with van der Waals surface area (Å²) >= 11 is 0. The third kappa shape index (κ3) is 5.19. The summed E-state index contributed by atoms with van der Waals surface area (Å²) in [5.41, 5.74) is -1.01. The SMILES string of the molecule is O=c1ccc(C(F)(F)F)nn1CC(O)COCc1ccccc1. The number of hydrogen-bond donors (Lipinski definition) is 1. The van der Waals surface area contributed by atoms with E-state index >= 15 is 0 Å². The summed E-state index contributed by atoms with van der Waals surface area (Å²) in [5, 5.41) is 13.0. The summed E-state index contributed by atoms with van der Waals surface area (Å²) in [6.07, 6.45) is -5.79. The van der Waals surface area contributed by atoms with Crippen LogP contribution in [0.3, 0.4) is 0 Å². The highest BCUT2D eigenvalue weighted by molar-refractivity contribution is 5.13. The molecule has 1 aromatic heterocycles. The molecule has 0 aliphatic rings. The number of aliphatic hydroxyl groups excluding tert-OH is 1. The first-order chi connectivity index (χ1) is 10.9. The van der Waals surface area contributed by atoms with Crippen molar-refractivity contribution in [2.75, 3.05) is 6.61 Å². The van der Waals surface area contributed by atoms with Crippen molar-refractivity contribution in [1.82, 2.24) is 9.78 Å². The maximum absolute atomic E-state index is 12.6. The van der Waals surface area contributed by atoms with E-state index in [9.17, 15) is 23.1 Å². The van der Waals surface area contributed by atoms with E-state index in [0.29, 0.717) is 10.7 Å². The third-order valence-corrected chi connectivity index (χ3v) is 2.96. The number of rotatable bonds is 6. The van der Waals surface area contributed by atoms with Gasteiger partial charge < -0.3 is 9.84 Å². The molecule has 23 heavy (non-hydrogen) atoms. The second-order valence-corrected chi connectivity index (χ2v) is 4.89. The van der Waals surface area contributed by atoms with Crippen LogP contribution in [-0.2, 0) is 24.1 Å². The fourth-order valence-electron chi connectivity index (χ4n) is 1.87. The highest BCUT2D eigenvalue weighted by Crippen LogP contribution is 2.26. The van der Waals surface area contributed by atoms with E-state index in [1.807, 2.05) is 30.3 Å². The zero-order chi connectivity index (χ0) is 16.9. The maximum Gasteiger partial charge on any atom is 0.435 e. The van der Waals surface area contributed by atoms with E-state index < -0.39 is 23.5 Å². The fourth-order valence-corrected chi connectivity index (χ4v) is 1.87. The van der Waals surface area contributed by atoms with Gasteiger partial charge in [-0.05, 0) is 11.6 Å². The van der Waals surface area contributed by atoms with Crippen LogP contribution in [-0.4, -0.2) is 27.6 Å². The van der Waals surface area contributed by atoms with Gasteiger partial charge in [-0.25, -0.2) is 4.68 Å². The van der Waals surface area contributed by atoms with Crippen molar-refractivity contribution in [1.29, 1.82) is 0 Å². The zero-order valence-electron chi connectivity index (χ0n) is 12.0. The van der Waals surface area contributed by atoms with E-state index in [2.05, 4.69) is 5.10 Å². The highest BCUT2D eigenvalue weighted by Gasteiger charge is 2.33. The lowest BCUT2D eigenvalue weighted by atomic mass is 10.2. The van der Waals surface area contributed by atoms with E-state index in [4.69, 9.17) is 4.74 Å². The molecular weight excluding hydrogens is 313 g/mol. The van der Waals surface area contributed by atoms with Crippen LogP contribution in [0.1, 0.15) is 11.3 Å². The minimum Gasteiger partial charge on any atom is -0.389 e. The van der Waals surface area contributed by atoms with Crippen LogP contribution >= 0.6 is 0 Å². The quantitative estimate of drug-likeness (QED) is 0.879. The maximum atomic E-state index is 12.6. The van der Waals surface area contributed by atoms with Gasteiger partial charge in [0, 0.05) is 6.07 Å². The highest BCUT2D eigenvalue weighted by atomic mass is 19.4. The minimum absolute atomic E-state index is 0.126. The number of ether oxygens (including phenoxy) is 1. The van der Waals surface area contributed by atoms with E-state index in [1.165, 1.54) is 0 Å². The Hall–Kier alpha value is -2.19. The lowest BCUT2D eigenvalue weighted by Gasteiger charge is -2.14. The number of hydrogen-bond acceptors (Lipinski definition) is 4. The van der Waals surface area contributed by atoms with Gasteiger partial charge in [0.25, 0.3) is 5.56 Å². The molecule has 1 unspecified atom stereocenters. The van der Waals surface area contributed by atoms with Gasteiger partial charge in [-0.2, -0.15) is 18.3 Å². The van der Waals surface area contributed by atoms with Crippen LogP contribution in [0.25, 0.3) is 0 Å². The van der Waals surface area contributed by atoms with Crippen molar-refractivity contribution in [2.45, 2.75) is 25.4 Å². The molecule has 0 saturated carbocycles. The standard InChI is InChI=1S/C15H15F3N2O3/c16-15(17,18)13-6-7-14(22)20(19-13)8-12(21)10-23-9-11-4-2-1-3-5-11/h1-7,12,21H,8-10H2. The molecule has 2 aromatic rings. The number of halogens is 3. The molecule has 2 rings (SSSR count). The number of nitrogens with zero attached hydrogens (tertiary/aromatic N) is 2. The first kappa shape index (κ1) is 17.2. The summed E-state index contributed by atoms with van der Waals surface area (Å²) in [7, 11) is 0. The molecule has 0 amide bonds. The number of alkyl halides is 3. The largest absolute Gasteiger partial charge is 0.435 e. The monoisotopic (exact) mass is 328 g/mol. The normalized spacial score (nSPS) is 13.0. The van der Waals surface area contributed by atoms with Gasteiger partial charge in [0.05, 0.1) is 25.9 Å². The van der Waals surface area contributed by atoms with Crippen molar-refractivity contribution in [2.24, 2.45) is 0 Å². The fraction of sp³-hybridized carbons (Fsp3) is 0.333. The van der Waals surface area contributed by atoms with E-state index in [0.717, 1.165) is 11.6 Å². The van der Waals surface area contributed by atoms with Crippen LogP contribution in [0.5, 0.6) is 0 Å². The van der Waals surface area contributed by atoms with Crippen LogP contribution in [0.4, 0.5) is 13.2 Å². The lowest BCUT2D eigenvalue weighted by molar-refractivity contribution is -0.142. The Labute approximate surface area is 129 Å². The van der Waals surface area contributed by atoms with Crippen LogP contribution in [0, 0.1) is 0 Å². The molecule has 0 aliphatic carbocycles. The summed E-state index contributed by atoms with van der Waals surface area (Å²) in [5.74, 6) is 0. The van der Waals surface area contributed by atoms with Gasteiger partial charge in [-0.3, -0.25) is 4.79 Å². The minimum atomic E-state index is -4.65. The van der Waals surface area contributed by atoms with E-state index in [1.54, 1.807) is 0 Å². The van der Waals surface area contributed by atoms with Crippen LogP contribution in [0.15, 0.2) is 47.3 Å². The number of aromatic nitrogens is 2.